The zero-order valence-electron chi connectivity index (χ0n) is 10.5. The molecule has 1 saturated carbocycles. The molecule has 0 saturated heterocycles. The SMILES string of the molecule is CCN(CC1CC1)c1ccc(CCN)cc1F. The fourth-order valence-electron chi connectivity index (χ4n) is 2.14. The molecule has 0 radical (unpaired) electrons. The highest BCUT2D eigenvalue weighted by molar-refractivity contribution is 5.49. The Kier molecular flexibility index (Phi) is 4.00. The van der Waals surface area contributed by atoms with Crippen LogP contribution < -0.4 is 10.6 Å². The first-order chi connectivity index (χ1) is 8.24. The first kappa shape index (κ1) is 12.4. The van der Waals surface area contributed by atoms with Crippen molar-refractivity contribution in [3.8, 4) is 0 Å². The molecule has 0 aromatic heterocycles. The highest BCUT2D eigenvalue weighted by atomic mass is 19.1. The van der Waals surface area contributed by atoms with E-state index in [1.54, 1.807) is 6.07 Å². The molecule has 0 unspecified atom stereocenters. The molecule has 1 aromatic carbocycles. The minimum Gasteiger partial charge on any atom is -0.369 e. The van der Waals surface area contributed by atoms with Gasteiger partial charge in [0, 0.05) is 13.1 Å². The largest absolute Gasteiger partial charge is 0.369 e. The first-order valence-corrected chi connectivity index (χ1v) is 6.48. The summed E-state index contributed by atoms with van der Waals surface area (Å²) in [6, 6.07) is 5.50. The van der Waals surface area contributed by atoms with Crippen molar-refractivity contribution < 1.29 is 4.39 Å². The van der Waals surface area contributed by atoms with E-state index in [1.165, 1.54) is 12.8 Å². The smallest absolute Gasteiger partial charge is 0.146 e. The molecule has 1 aliphatic rings. The lowest BCUT2D eigenvalue weighted by atomic mass is 10.1. The fraction of sp³-hybridized carbons (Fsp3) is 0.571. The molecular weight excluding hydrogens is 215 g/mol. The maximum Gasteiger partial charge on any atom is 0.146 e. The predicted octanol–water partition coefficient (Wildman–Crippen LogP) is 2.56. The lowest BCUT2D eigenvalue weighted by molar-refractivity contribution is 0.611. The van der Waals surface area contributed by atoms with Gasteiger partial charge in [0.1, 0.15) is 5.82 Å². The van der Waals surface area contributed by atoms with Crippen molar-refractivity contribution >= 4 is 5.69 Å². The fourth-order valence-corrected chi connectivity index (χ4v) is 2.14. The van der Waals surface area contributed by atoms with E-state index in [9.17, 15) is 4.39 Å². The Bertz CT molecular complexity index is 374. The Labute approximate surface area is 103 Å². The van der Waals surface area contributed by atoms with Crippen LogP contribution in [-0.4, -0.2) is 19.6 Å². The second kappa shape index (κ2) is 5.50. The summed E-state index contributed by atoms with van der Waals surface area (Å²) in [5, 5.41) is 0. The van der Waals surface area contributed by atoms with Crippen LogP contribution in [0, 0.1) is 11.7 Å². The summed E-state index contributed by atoms with van der Waals surface area (Å²) in [5.74, 6) is 0.663. The number of anilines is 1. The normalized spacial score (nSPS) is 15.0. The van der Waals surface area contributed by atoms with Crippen LogP contribution in [0.1, 0.15) is 25.3 Å². The van der Waals surface area contributed by atoms with Gasteiger partial charge in [-0.2, -0.15) is 0 Å². The molecule has 0 aliphatic heterocycles. The Morgan fingerprint density at radius 3 is 2.71 bits per heavy atom. The second-order valence-electron chi connectivity index (χ2n) is 4.81. The van der Waals surface area contributed by atoms with Crippen molar-refractivity contribution in [1.29, 1.82) is 0 Å². The van der Waals surface area contributed by atoms with Crippen LogP contribution >= 0.6 is 0 Å². The topological polar surface area (TPSA) is 29.3 Å². The lowest BCUT2D eigenvalue weighted by Crippen LogP contribution is -2.26. The van der Waals surface area contributed by atoms with Crippen LogP contribution in [0.15, 0.2) is 18.2 Å². The molecule has 1 aromatic rings. The van der Waals surface area contributed by atoms with Gasteiger partial charge in [-0.25, -0.2) is 4.39 Å². The summed E-state index contributed by atoms with van der Waals surface area (Å²) in [7, 11) is 0. The van der Waals surface area contributed by atoms with Gasteiger partial charge in [0.25, 0.3) is 0 Å². The summed E-state index contributed by atoms with van der Waals surface area (Å²) in [6.07, 6.45) is 3.33. The zero-order valence-corrected chi connectivity index (χ0v) is 10.5. The van der Waals surface area contributed by atoms with Crippen molar-refractivity contribution in [3.05, 3.63) is 29.6 Å². The minimum absolute atomic E-state index is 0.113. The predicted molar refractivity (Wildman–Crippen MR) is 69.8 cm³/mol. The van der Waals surface area contributed by atoms with Crippen LogP contribution in [0.4, 0.5) is 10.1 Å². The van der Waals surface area contributed by atoms with Crippen LogP contribution in [-0.2, 0) is 6.42 Å². The molecule has 2 N–H and O–H groups in total. The highest BCUT2D eigenvalue weighted by Crippen LogP contribution is 2.32. The Morgan fingerprint density at radius 1 is 1.41 bits per heavy atom. The van der Waals surface area contributed by atoms with E-state index in [4.69, 9.17) is 5.73 Å². The van der Waals surface area contributed by atoms with Gasteiger partial charge < -0.3 is 10.6 Å². The minimum atomic E-state index is -0.113. The summed E-state index contributed by atoms with van der Waals surface area (Å²) in [6.45, 7) is 4.50. The summed E-state index contributed by atoms with van der Waals surface area (Å²) >= 11 is 0. The number of benzene rings is 1. The van der Waals surface area contributed by atoms with Gasteiger partial charge in [0.15, 0.2) is 0 Å². The quantitative estimate of drug-likeness (QED) is 0.822. The summed E-state index contributed by atoms with van der Waals surface area (Å²) in [4.78, 5) is 2.14. The standard InChI is InChI=1S/C14H21FN2/c1-2-17(10-12-3-4-12)14-6-5-11(7-8-16)9-13(14)15/h5-6,9,12H,2-4,7-8,10,16H2,1H3. The second-order valence-corrected chi connectivity index (χ2v) is 4.81. The molecular formula is C14H21FN2. The van der Waals surface area contributed by atoms with E-state index in [-0.39, 0.29) is 5.82 Å². The van der Waals surface area contributed by atoms with E-state index in [1.807, 2.05) is 12.1 Å². The Balaban J connectivity index is 2.12. The van der Waals surface area contributed by atoms with E-state index < -0.39 is 0 Å². The Morgan fingerprint density at radius 2 is 2.18 bits per heavy atom. The van der Waals surface area contributed by atoms with Crippen LogP contribution in [0.25, 0.3) is 0 Å². The molecule has 2 rings (SSSR count). The maximum atomic E-state index is 14.0. The van der Waals surface area contributed by atoms with Crippen LogP contribution in [0.5, 0.6) is 0 Å². The number of halogens is 1. The van der Waals surface area contributed by atoms with Gasteiger partial charge in [-0.3, -0.25) is 0 Å². The molecule has 94 valence electrons. The number of rotatable bonds is 6. The molecule has 3 heteroatoms. The van der Waals surface area contributed by atoms with E-state index in [0.29, 0.717) is 6.54 Å². The average molecular weight is 236 g/mol. The lowest BCUT2D eigenvalue weighted by Gasteiger charge is -2.23. The molecule has 0 heterocycles. The summed E-state index contributed by atoms with van der Waals surface area (Å²) in [5.41, 5.74) is 7.19. The average Bonchev–Trinajstić information content (AvgIpc) is 3.11. The number of hydrogen-bond donors (Lipinski definition) is 1. The molecule has 1 aliphatic carbocycles. The molecule has 0 atom stereocenters. The molecule has 17 heavy (non-hydrogen) atoms. The van der Waals surface area contributed by atoms with Crippen LogP contribution in [0.3, 0.4) is 0 Å². The van der Waals surface area contributed by atoms with Crippen molar-refractivity contribution in [2.75, 3.05) is 24.5 Å². The van der Waals surface area contributed by atoms with Crippen LogP contribution in [0.2, 0.25) is 0 Å². The third-order valence-electron chi connectivity index (χ3n) is 3.34. The number of hydrogen-bond acceptors (Lipinski definition) is 2. The zero-order chi connectivity index (χ0) is 12.3. The molecule has 1 fully saturated rings. The van der Waals surface area contributed by atoms with Gasteiger partial charge in [0.2, 0.25) is 0 Å². The van der Waals surface area contributed by atoms with Crippen molar-refractivity contribution in [2.24, 2.45) is 11.7 Å². The third-order valence-corrected chi connectivity index (χ3v) is 3.34. The number of nitrogens with two attached hydrogens (primary N) is 1. The van der Waals surface area contributed by atoms with Crippen molar-refractivity contribution in [2.45, 2.75) is 26.2 Å². The summed E-state index contributed by atoms with van der Waals surface area (Å²) < 4.78 is 14.0. The molecule has 0 amide bonds. The van der Waals surface area contributed by atoms with Crippen molar-refractivity contribution in [3.63, 3.8) is 0 Å². The highest BCUT2D eigenvalue weighted by Gasteiger charge is 2.24. The molecule has 2 nitrogen and oxygen atoms in total. The van der Waals surface area contributed by atoms with Crippen molar-refractivity contribution in [1.82, 2.24) is 0 Å². The molecule has 0 spiro atoms. The monoisotopic (exact) mass is 236 g/mol. The van der Waals surface area contributed by atoms with Gasteiger partial charge in [-0.05, 0) is 56.3 Å². The third kappa shape index (κ3) is 3.19. The number of nitrogens with zero attached hydrogens (tertiary/aromatic N) is 1. The maximum absolute atomic E-state index is 14.0. The van der Waals surface area contributed by atoms with Gasteiger partial charge in [-0.1, -0.05) is 6.07 Å². The first-order valence-electron chi connectivity index (χ1n) is 6.48. The van der Waals surface area contributed by atoms with E-state index in [2.05, 4.69) is 11.8 Å². The molecule has 0 bridgehead atoms. The van der Waals surface area contributed by atoms with Gasteiger partial charge in [-0.15, -0.1) is 0 Å². The van der Waals surface area contributed by atoms with E-state index in [0.717, 1.165) is 36.7 Å². The van der Waals surface area contributed by atoms with Gasteiger partial charge >= 0.3 is 0 Å². The Hall–Kier alpha value is -1.09. The van der Waals surface area contributed by atoms with Gasteiger partial charge in [0.05, 0.1) is 5.69 Å². The van der Waals surface area contributed by atoms with E-state index >= 15 is 0 Å².